The molecule has 0 atom stereocenters. The number of benzene rings is 1. The Labute approximate surface area is 101 Å². The summed E-state index contributed by atoms with van der Waals surface area (Å²) >= 11 is 11.7. The first-order valence-electron chi connectivity index (χ1n) is 4.88. The fourth-order valence-corrected chi connectivity index (χ4v) is 1.56. The van der Waals surface area contributed by atoms with Gasteiger partial charge in [0.1, 0.15) is 0 Å². The van der Waals surface area contributed by atoms with Crippen LogP contribution in [0.2, 0.25) is 10.0 Å². The van der Waals surface area contributed by atoms with Crippen molar-refractivity contribution in [3.8, 4) is 11.8 Å². The van der Waals surface area contributed by atoms with Gasteiger partial charge < -0.3 is 5.73 Å². The van der Waals surface area contributed by atoms with E-state index in [9.17, 15) is 0 Å². The lowest BCUT2D eigenvalue weighted by Crippen LogP contribution is -1.96. The van der Waals surface area contributed by atoms with Crippen LogP contribution in [0.4, 0.5) is 0 Å². The summed E-state index contributed by atoms with van der Waals surface area (Å²) in [5.41, 5.74) is 6.21. The molecule has 0 saturated carbocycles. The second-order valence-corrected chi connectivity index (χ2v) is 4.02. The third kappa shape index (κ3) is 4.57. The van der Waals surface area contributed by atoms with Gasteiger partial charge in [0.05, 0.1) is 5.02 Å². The van der Waals surface area contributed by atoms with Crippen molar-refractivity contribution in [2.75, 3.05) is 6.54 Å². The SMILES string of the molecule is NCCCCC#Cc1ccc(Cl)cc1Cl. The average Bonchev–Trinajstić information content (AvgIpc) is 2.20. The van der Waals surface area contributed by atoms with Gasteiger partial charge in [-0.3, -0.25) is 0 Å². The van der Waals surface area contributed by atoms with E-state index < -0.39 is 0 Å². The van der Waals surface area contributed by atoms with Crippen LogP contribution in [0.3, 0.4) is 0 Å². The van der Waals surface area contributed by atoms with E-state index in [2.05, 4.69) is 11.8 Å². The average molecular weight is 242 g/mol. The number of rotatable bonds is 3. The molecule has 0 saturated heterocycles. The normalized spacial score (nSPS) is 9.53. The molecule has 0 aliphatic heterocycles. The quantitative estimate of drug-likeness (QED) is 0.637. The Morgan fingerprint density at radius 1 is 1.20 bits per heavy atom. The predicted molar refractivity (Wildman–Crippen MR) is 66.2 cm³/mol. The van der Waals surface area contributed by atoms with E-state index in [1.165, 1.54) is 0 Å². The van der Waals surface area contributed by atoms with Crippen LogP contribution in [-0.4, -0.2) is 6.54 Å². The van der Waals surface area contributed by atoms with Crippen molar-refractivity contribution in [3.63, 3.8) is 0 Å². The second-order valence-electron chi connectivity index (χ2n) is 3.17. The number of hydrogen-bond acceptors (Lipinski definition) is 1. The van der Waals surface area contributed by atoms with Gasteiger partial charge in [0.25, 0.3) is 0 Å². The van der Waals surface area contributed by atoms with Gasteiger partial charge >= 0.3 is 0 Å². The zero-order valence-electron chi connectivity index (χ0n) is 8.39. The Morgan fingerprint density at radius 2 is 2.00 bits per heavy atom. The smallest absolute Gasteiger partial charge is 0.0577 e. The lowest BCUT2D eigenvalue weighted by atomic mass is 10.2. The standard InChI is InChI=1S/C12H13Cl2N/c13-11-7-6-10(12(14)9-11)5-3-1-2-4-8-15/h6-7,9H,1-2,4,8,15H2. The molecule has 0 heterocycles. The minimum absolute atomic E-state index is 0.605. The van der Waals surface area contributed by atoms with Crippen molar-refractivity contribution in [1.29, 1.82) is 0 Å². The van der Waals surface area contributed by atoms with Gasteiger partial charge in [0.15, 0.2) is 0 Å². The second kappa shape index (κ2) is 6.74. The summed E-state index contributed by atoms with van der Waals surface area (Å²) < 4.78 is 0. The molecular formula is C12H13Cl2N. The van der Waals surface area contributed by atoms with Crippen molar-refractivity contribution in [2.24, 2.45) is 5.73 Å². The Hall–Kier alpha value is -0.680. The number of unbranched alkanes of at least 4 members (excludes halogenated alkanes) is 2. The molecule has 0 unspecified atom stereocenters. The summed E-state index contributed by atoms with van der Waals surface area (Å²) in [6.07, 6.45) is 2.91. The summed E-state index contributed by atoms with van der Waals surface area (Å²) in [4.78, 5) is 0. The molecule has 2 N–H and O–H groups in total. The van der Waals surface area contributed by atoms with Crippen LogP contribution in [0.25, 0.3) is 0 Å². The molecule has 1 nitrogen and oxygen atoms in total. The molecule has 0 radical (unpaired) electrons. The van der Waals surface area contributed by atoms with E-state index >= 15 is 0 Å². The van der Waals surface area contributed by atoms with Crippen LogP contribution in [-0.2, 0) is 0 Å². The van der Waals surface area contributed by atoms with Crippen LogP contribution in [0.5, 0.6) is 0 Å². The van der Waals surface area contributed by atoms with Crippen LogP contribution in [0, 0.1) is 11.8 Å². The van der Waals surface area contributed by atoms with Gasteiger partial charge in [-0.05, 0) is 37.6 Å². The summed E-state index contributed by atoms with van der Waals surface area (Å²) in [5.74, 6) is 6.08. The first-order chi connectivity index (χ1) is 7.24. The zero-order valence-corrected chi connectivity index (χ0v) is 9.91. The molecule has 0 spiro atoms. The molecule has 0 aliphatic rings. The molecule has 1 aromatic rings. The Bertz CT molecular complexity index is 377. The molecule has 0 aliphatic carbocycles. The highest BCUT2D eigenvalue weighted by atomic mass is 35.5. The number of nitrogens with two attached hydrogens (primary N) is 1. The Kier molecular flexibility index (Phi) is 5.57. The van der Waals surface area contributed by atoms with Crippen molar-refractivity contribution >= 4 is 23.2 Å². The van der Waals surface area contributed by atoms with Gasteiger partial charge in [-0.1, -0.05) is 35.0 Å². The monoisotopic (exact) mass is 241 g/mol. The van der Waals surface area contributed by atoms with Crippen molar-refractivity contribution < 1.29 is 0 Å². The van der Waals surface area contributed by atoms with Gasteiger partial charge in [-0.15, -0.1) is 0 Å². The van der Waals surface area contributed by atoms with E-state index in [1.54, 1.807) is 12.1 Å². The van der Waals surface area contributed by atoms with E-state index in [-0.39, 0.29) is 0 Å². The minimum atomic E-state index is 0.605. The largest absolute Gasteiger partial charge is 0.330 e. The van der Waals surface area contributed by atoms with Gasteiger partial charge in [0.2, 0.25) is 0 Å². The molecule has 1 rings (SSSR count). The van der Waals surface area contributed by atoms with Crippen LogP contribution in [0.15, 0.2) is 18.2 Å². The third-order valence-electron chi connectivity index (χ3n) is 1.91. The molecule has 0 amide bonds. The van der Waals surface area contributed by atoms with Crippen molar-refractivity contribution in [3.05, 3.63) is 33.8 Å². The fourth-order valence-electron chi connectivity index (χ4n) is 1.11. The minimum Gasteiger partial charge on any atom is -0.330 e. The van der Waals surface area contributed by atoms with Crippen LogP contribution >= 0.6 is 23.2 Å². The molecule has 0 fully saturated rings. The van der Waals surface area contributed by atoms with E-state index in [0.29, 0.717) is 10.0 Å². The molecule has 0 aromatic heterocycles. The highest BCUT2D eigenvalue weighted by molar-refractivity contribution is 6.35. The summed E-state index contributed by atoms with van der Waals surface area (Å²) in [6, 6.07) is 5.32. The lowest BCUT2D eigenvalue weighted by molar-refractivity contribution is 0.768. The van der Waals surface area contributed by atoms with Gasteiger partial charge in [-0.2, -0.15) is 0 Å². The molecule has 80 valence electrons. The third-order valence-corrected chi connectivity index (χ3v) is 2.46. The zero-order chi connectivity index (χ0) is 11.1. The highest BCUT2D eigenvalue weighted by Crippen LogP contribution is 2.19. The van der Waals surface area contributed by atoms with Gasteiger partial charge in [-0.25, -0.2) is 0 Å². The first-order valence-corrected chi connectivity index (χ1v) is 5.63. The highest BCUT2D eigenvalue weighted by Gasteiger charge is 1.96. The molecule has 0 bridgehead atoms. The lowest BCUT2D eigenvalue weighted by Gasteiger charge is -1.95. The maximum Gasteiger partial charge on any atom is 0.0577 e. The fraction of sp³-hybridized carbons (Fsp3) is 0.333. The van der Waals surface area contributed by atoms with Crippen LogP contribution < -0.4 is 5.73 Å². The summed E-state index contributed by atoms with van der Waals surface area (Å²) in [7, 11) is 0. The molecular weight excluding hydrogens is 229 g/mol. The maximum absolute atomic E-state index is 5.96. The Morgan fingerprint density at radius 3 is 2.67 bits per heavy atom. The van der Waals surface area contributed by atoms with E-state index in [0.717, 1.165) is 31.4 Å². The van der Waals surface area contributed by atoms with Crippen LogP contribution in [0.1, 0.15) is 24.8 Å². The Balaban J connectivity index is 2.56. The van der Waals surface area contributed by atoms with E-state index in [4.69, 9.17) is 28.9 Å². The number of hydrogen-bond donors (Lipinski definition) is 1. The van der Waals surface area contributed by atoms with Gasteiger partial charge in [0, 0.05) is 17.0 Å². The predicted octanol–water partition coefficient (Wildman–Crippen LogP) is 3.47. The van der Waals surface area contributed by atoms with E-state index in [1.807, 2.05) is 6.07 Å². The topological polar surface area (TPSA) is 26.0 Å². The maximum atomic E-state index is 5.96. The molecule has 3 heteroatoms. The number of halogens is 2. The van der Waals surface area contributed by atoms with Crippen molar-refractivity contribution in [2.45, 2.75) is 19.3 Å². The summed E-state index contributed by atoms with van der Waals surface area (Å²) in [5, 5.41) is 1.24. The van der Waals surface area contributed by atoms with Crippen molar-refractivity contribution in [1.82, 2.24) is 0 Å². The molecule has 1 aromatic carbocycles. The summed E-state index contributed by atoms with van der Waals surface area (Å²) in [6.45, 7) is 0.726. The molecule has 15 heavy (non-hydrogen) atoms. The first kappa shape index (κ1) is 12.4.